The van der Waals surface area contributed by atoms with Crippen molar-refractivity contribution in [2.45, 2.75) is 19.4 Å². The minimum atomic E-state index is -0.00335. The third-order valence-electron chi connectivity index (χ3n) is 3.49. The van der Waals surface area contributed by atoms with Gasteiger partial charge in [0.1, 0.15) is 5.69 Å². The summed E-state index contributed by atoms with van der Waals surface area (Å²) in [7, 11) is 0. The van der Waals surface area contributed by atoms with Gasteiger partial charge < -0.3 is 5.32 Å². The smallest absolute Gasteiger partial charge is 0.220 e. The maximum atomic E-state index is 11.9. The molecule has 3 aromatic rings. The summed E-state index contributed by atoms with van der Waals surface area (Å²) in [6, 6.07) is 11.7. The van der Waals surface area contributed by atoms with Crippen LogP contribution >= 0.6 is 15.9 Å². The molecule has 1 aromatic carbocycles. The average molecular weight is 386 g/mol. The van der Waals surface area contributed by atoms with Gasteiger partial charge in [-0.15, -0.1) is 5.10 Å². The summed E-state index contributed by atoms with van der Waals surface area (Å²) < 4.78 is 2.69. The number of carbonyl (C=O) groups excluding carboxylic acids is 1. The summed E-state index contributed by atoms with van der Waals surface area (Å²) in [6.45, 7) is 0.365. The van der Waals surface area contributed by atoms with Crippen molar-refractivity contribution in [3.63, 3.8) is 0 Å². The second kappa shape index (κ2) is 7.83. The molecule has 0 aliphatic carbocycles. The third kappa shape index (κ3) is 4.48. The standard InChI is InChI=1S/C17H16BrN5O/c18-14-4-1-13(2-5-14)3-6-17(24)20-11-15-12-23(22-21-15)16-7-9-19-10-8-16/h1-2,4-5,7-10,12H,3,6,11H2,(H,20,24). The molecular weight excluding hydrogens is 370 g/mol. The molecular formula is C17H16BrN5O. The number of aromatic nitrogens is 4. The van der Waals surface area contributed by atoms with Crippen LogP contribution in [-0.4, -0.2) is 25.9 Å². The second-order valence-electron chi connectivity index (χ2n) is 5.26. The first-order chi connectivity index (χ1) is 11.7. The molecule has 0 radical (unpaired) electrons. The molecule has 0 saturated heterocycles. The molecule has 0 saturated carbocycles. The highest BCUT2D eigenvalue weighted by Crippen LogP contribution is 2.11. The lowest BCUT2D eigenvalue weighted by Crippen LogP contribution is -2.23. The highest BCUT2D eigenvalue weighted by molar-refractivity contribution is 9.10. The van der Waals surface area contributed by atoms with Crippen LogP contribution in [0, 0.1) is 0 Å². The topological polar surface area (TPSA) is 72.7 Å². The van der Waals surface area contributed by atoms with Gasteiger partial charge in [0.05, 0.1) is 18.4 Å². The van der Waals surface area contributed by atoms with Crippen molar-refractivity contribution in [3.05, 3.63) is 70.7 Å². The maximum absolute atomic E-state index is 11.9. The van der Waals surface area contributed by atoms with Gasteiger partial charge in [-0.3, -0.25) is 9.78 Å². The largest absolute Gasteiger partial charge is 0.350 e. The normalized spacial score (nSPS) is 10.5. The first-order valence-corrected chi connectivity index (χ1v) is 8.33. The van der Waals surface area contributed by atoms with Crippen LogP contribution in [0.3, 0.4) is 0 Å². The summed E-state index contributed by atoms with van der Waals surface area (Å²) in [5.74, 6) is -0.00335. The van der Waals surface area contributed by atoms with Crippen LogP contribution in [0.1, 0.15) is 17.7 Å². The van der Waals surface area contributed by atoms with Crippen molar-refractivity contribution >= 4 is 21.8 Å². The molecule has 1 N–H and O–H groups in total. The monoisotopic (exact) mass is 385 g/mol. The highest BCUT2D eigenvalue weighted by Gasteiger charge is 2.06. The Morgan fingerprint density at radius 3 is 2.62 bits per heavy atom. The summed E-state index contributed by atoms with van der Waals surface area (Å²) in [5.41, 5.74) is 2.73. The fraction of sp³-hybridized carbons (Fsp3) is 0.176. The van der Waals surface area contributed by atoms with Crippen molar-refractivity contribution in [1.29, 1.82) is 0 Å². The highest BCUT2D eigenvalue weighted by atomic mass is 79.9. The second-order valence-corrected chi connectivity index (χ2v) is 6.18. The van der Waals surface area contributed by atoms with Crippen LogP contribution < -0.4 is 5.32 Å². The molecule has 0 spiro atoms. The van der Waals surface area contributed by atoms with Crippen LogP contribution in [0.15, 0.2) is 59.5 Å². The quantitative estimate of drug-likeness (QED) is 0.707. The van der Waals surface area contributed by atoms with Gasteiger partial charge in [-0.1, -0.05) is 33.3 Å². The number of rotatable bonds is 6. The molecule has 0 aliphatic heterocycles. The Bertz CT molecular complexity index is 801. The molecule has 3 rings (SSSR count). The SMILES string of the molecule is O=C(CCc1ccc(Br)cc1)NCc1cn(-c2ccncc2)nn1. The molecule has 7 heteroatoms. The van der Waals surface area contributed by atoms with Crippen LogP contribution in [0.2, 0.25) is 0 Å². The van der Waals surface area contributed by atoms with Crippen molar-refractivity contribution in [1.82, 2.24) is 25.3 Å². The number of carbonyl (C=O) groups is 1. The van der Waals surface area contributed by atoms with Crippen molar-refractivity contribution in [3.8, 4) is 5.69 Å². The van der Waals surface area contributed by atoms with E-state index in [1.807, 2.05) is 36.4 Å². The third-order valence-corrected chi connectivity index (χ3v) is 4.02. The van der Waals surface area contributed by atoms with E-state index in [0.717, 1.165) is 15.7 Å². The number of benzene rings is 1. The minimum Gasteiger partial charge on any atom is -0.350 e. The van der Waals surface area contributed by atoms with Gasteiger partial charge >= 0.3 is 0 Å². The van der Waals surface area contributed by atoms with E-state index in [1.54, 1.807) is 23.3 Å². The molecule has 0 fully saturated rings. The van der Waals surface area contributed by atoms with Gasteiger partial charge in [-0.2, -0.15) is 0 Å². The molecule has 2 heterocycles. The molecule has 24 heavy (non-hydrogen) atoms. The van der Waals surface area contributed by atoms with Crippen molar-refractivity contribution in [2.24, 2.45) is 0 Å². The molecule has 0 unspecified atom stereocenters. The Kier molecular flexibility index (Phi) is 5.32. The molecule has 2 aromatic heterocycles. The zero-order chi connectivity index (χ0) is 16.8. The molecule has 6 nitrogen and oxygen atoms in total. The zero-order valence-corrected chi connectivity index (χ0v) is 14.5. The number of hydrogen-bond donors (Lipinski definition) is 1. The summed E-state index contributed by atoms with van der Waals surface area (Å²) >= 11 is 3.40. The van der Waals surface area contributed by atoms with Gasteiger partial charge in [-0.05, 0) is 36.2 Å². The van der Waals surface area contributed by atoms with E-state index in [2.05, 4.69) is 36.5 Å². The number of amides is 1. The van der Waals surface area contributed by atoms with E-state index in [-0.39, 0.29) is 5.91 Å². The lowest BCUT2D eigenvalue weighted by atomic mass is 10.1. The van der Waals surface area contributed by atoms with Gasteiger partial charge in [0, 0.05) is 23.3 Å². The summed E-state index contributed by atoms with van der Waals surface area (Å²) in [6.07, 6.45) is 6.34. The predicted molar refractivity (Wildman–Crippen MR) is 93.5 cm³/mol. The summed E-state index contributed by atoms with van der Waals surface area (Å²) in [5, 5.41) is 11.0. The Morgan fingerprint density at radius 2 is 1.88 bits per heavy atom. The van der Waals surface area contributed by atoms with E-state index in [0.29, 0.717) is 25.1 Å². The average Bonchev–Trinajstić information content (AvgIpc) is 3.09. The van der Waals surface area contributed by atoms with Crippen LogP contribution in [0.25, 0.3) is 5.69 Å². The number of nitrogens with zero attached hydrogens (tertiary/aromatic N) is 4. The van der Waals surface area contributed by atoms with Crippen LogP contribution in [-0.2, 0) is 17.8 Å². The zero-order valence-electron chi connectivity index (χ0n) is 12.9. The number of nitrogens with one attached hydrogen (secondary N) is 1. The lowest BCUT2D eigenvalue weighted by Gasteiger charge is -2.03. The van der Waals surface area contributed by atoms with Crippen molar-refractivity contribution < 1.29 is 4.79 Å². The molecule has 1 amide bonds. The number of hydrogen-bond acceptors (Lipinski definition) is 4. The fourth-order valence-electron chi connectivity index (χ4n) is 2.19. The van der Waals surface area contributed by atoms with Gasteiger partial charge in [0.25, 0.3) is 0 Å². The minimum absolute atomic E-state index is 0.00335. The van der Waals surface area contributed by atoms with E-state index in [4.69, 9.17) is 0 Å². The molecule has 0 atom stereocenters. The van der Waals surface area contributed by atoms with E-state index in [9.17, 15) is 4.79 Å². The Hall–Kier alpha value is -2.54. The lowest BCUT2D eigenvalue weighted by molar-refractivity contribution is -0.121. The van der Waals surface area contributed by atoms with Crippen molar-refractivity contribution in [2.75, 3.05) is 0 Å². The summed E-state index contributed by atoms with van der Waals surface area (Å²) in [4.78, 5) is 15.9. The Morgan fingerprint density at radius 1 is 1.12 bits per heavy atom. The molecule has 0 aliphatic rings. The Labute approximate surface area is 148 Å². The molecule has 0 bridgehead atoms. The van der Waals surface area contributed by atoms with E-state index in [1.165, 1.54) is 0 Å². The van der Waals surface area contributed by atoms with Crippen LogP contribution in [0.4, 0.5) is 0 Å². The molecule has 122 valence electrons. The number of pyridine rings is 1. The number of halogens is 1. The first kappa shape index (κ1) is 16.3. The number of aryl methyl sites for hydroxylation is 1. The maximum Gasteiger partial charge on any atom is 0.220 e. The first-order valence-electron chi connectivity index (χ1n) is 7.53. The van der Waals surface area contributed by atoms with Gasteiger partial charge in [-0.25, -0.2) is 4.68 Å². The Balaban J connectivity index is 1.48. The van der Waals surface area contributed by atoms with E-state index >= 15 is 0 Å². The predicted octanol–water partition coefficient (Wildman–Crippen LogP) is 2.67. The van der Waals surface area contributed by atoms with Gasteiger partial charge in [0.2, 0.25) is 5.91 Å². The fourth-order valence-corrected chi connectivity index (χ4v) is 2.45. The van der Waals surface area contributed by atoms with Crippen LogP contribution in [0.5, 0.6) is 0 Å². The van der Waals surface area contributed by atoms with E-state index < -0.39 is 0 Å². The van der Waals surface area contributed by atoms with Gasteiger partial charge in [0.15, 0.2) is 0 Å².